The van der Waals surface area contributed by atoms with Gasteiger partial charge in [0.15, 0.2) is 5.69 Å². The summed E-state index contributed by atoms with van der Waals surface area (Å²) in [6.07, 6.45) is 1.79. The molecule has 26 heavy (non-hydrogen) atoms. The molecule has 2 heterocycles. The Balaban J connectivity index is 1.67. The highest BCUT2D eigenvalue weighted by molar-refractivity contribution is 6.04. The Morgan fingerprint density at radius 1 is 1.15 bits per heavy atom. The van der Waals surface area contributed by atoms with Crippen LogP contribution < -0.4 is 10.5 Å². The number of fused-ring (bicyclic) bond motifs is 2. The zero-order valence-corrected chi connectivity index (χ0v) is 14.6. The average molecular weight is 348 g/mol. The van der Waals surface area contributed by atoms with Crippen molar-refractivity contribution in [1.82, 2.24) is 15.1 Å². The molecular formula is C20H20N4O2. The lowest BCUT2D eigenvalue weighted by atomic mass is 10.0. The molecule has 0 aliphatic carbocycles. The van der Waals surface area contributed by atoms with E-state index in [1.165, 1.54) is 5.56 Å². The van der Waals surface area contributed by atoms with Crippen LogP contribution in [-0.4, -0.2) is 34.7 Å². The van der Waals surface area contributed by atoms with E-state index in [-0.39, 0.29) is 11.6 Å². The van der Waals surface area contributed by atoms with Crippen molar-refractivity contribution >= 4 is 22.5 Å². The topological polar surface area (TPSA) is 81.3 Å². The molecule has 1 aliphatic rings. The molecule has 0 fully saturated rings. The second kappa shape index (κ2) is 6.63. The molecule has 132 valence electrons. The molecule has 2 N–H and O–H groups in total. The molecule has 1 amide bonds. The van der Waals surface area contributed by atoms with Crippen molar-refractivity contribution in [3.05, 3.63) is 59.3 Å². The number of anilines is 1. The number of carbonyl (C=O) groups is 1. The summed E-state index contributed by atoms with van der Waals surface area (Å²) in [6.45, 7) is 1.19. The molecule has 0 radical (unpaired) electrons. The first-order chi connectivity index (χ1) is 12.7. The van der Waals surface area contributed by atoms with Crippen LogP contribution >= 0.6 is 0 Å². The number of methoxy groups -OCH3 is 1. The molecule has 0 spiro atoms. The van der Waals surface area contributed by atoms with Gasteiger partial charge in [-0.3, -0.25) is 4.79 Å². The van der Waals surface area contributed by atoms with Crippen molar-refractivity contribution in [3.8, 4) is 5.75 Å². The van der Waals surface area contributed by atoms with E-state index in [1.807, 2.05) is 42.5 Å². The summed E-state index contributed by atoms with van der Waals surface area (Å²) in [4.78, 5) is 14.9. The Morgan fingerprint density at radius 3 is 2.85 bits per heavy atom. The van der Waals surface area contributed by atoms with Gasteiger partial charge in [0, 0.05) is 18.5 Å². The minimum Gasteiger partial charge on any atom is -0.497 e. The molecule has 0 saturated carbocycles. The van der Waals surface area contributed by atoms with E-state index in [1.54, 1.807) is 12.0 Å². The summed E-state index contributed by atoms with van der Waals surface area (Å²) >= 11 is 0. The second-order valence-electron chi connectivity index (χ2n) is 6.44. The number of hydrogen-bond donors (Lipinski definition) is 1. The van der Waals surface area contributed by atoms with Crippen molar-refractivity contribution in [1.29, 1.82) is 0 Å². The van der Waals surface area contributed by atoms with Gasteiger partial charge in [0.1, 0.15) is 5.75 Å². The lowest BCUT2D eigenvalue weighted by Crippen LogP contribution is -2.32. The van der Waals surface area contributed by atoms with Gasteiger partial charge in [0.2, 0.25) is 0 Å². The monoisotopic (exact) mass is 348 g/mol. The Morgan fingerprint density at radius 2 is 2.00 bits per heavy atom. The third-order valence-corrected chi connectivity index (χ3v) is 4.85. The molecule has 0 atom stereocenters. The van der Waals surface area contributed by atoms with E-state index < -0.39 is 0 Å². The number of carbonyl (C=O) groups excluding carboxylic acids is 1. The fourth-order valence-corrected chi connectivity index (χ4v) is 3.42. The minimum absolute atomic E-state index is 0.176. The Kier molecular flexibility index (Phi) is 4.16. The smallest absolute Gasteiger partial charge is 0.276 e. The van der Waals surface area contributed by atoms with Crippen LogP contribution in [0.25, 0.3) is 10.9 Å². The number of amides is 1. The third kappa shape index (κ3) is 2.83. The second-order valence-corrected chi connectivity index (χ2v) is 6.44. The Labute approximate surface area is 151 Å². The lowest BCUT2D eigenvalue weighted by Gasteiger charge is -2.21. The van der Waals surface area contributed by atoms with E-state index in [0.29, 0.717) is 24.3 Å². The first-order valence-corrected chi connectivity index (χ1v) is 8.63. The van der Waals surface area contributed by atoms with E-state index in [4.69, 9.17) is 10.5 Å². The maximum Gasteiger partial charge on any atom is 0.276 e. The number of nitrogens with zero attached hydrogens (tertiary/aromatic N) is 3. The van der Waals surface area contributed by atoms with Crippen LogP contribution in [-0.2, 0) is 13.0 Å². The van der Waals surface area contributed by atoms with Gasteiger partial charge >= 0.3 is 0 Å². The largest absolute Gasteiger partial charge is 0.497 e. The molecule has 0 unspecified atom stereocenters. The number of benzene rings is 2. The predicted octanol–water partition coefficient (Wildman–Crippen LogP) is 2.81. The van der Waals surface area contributed by atoms with Gasteiger partial charge in [0.25, 0.3) is 5.91 Å². The molecule has 1 aliphatic heterocycles. The van der Waals surface area contributed by atoms with Gasteiger partial charge in [0.05, 0.1) is 18.3 Å². The molecule has 6 nitrogen and oxygen atoms in total. The number of aryl methyl sites for hydroxylation is 1. The summed E-state index contributed by atoms with van der Waals surface area (Å²) in [5.74, 6) is 0.664. The van der Waals surface area contributed by atoms with E-state index in [2.05, 4.69) is 10.2 Å². The zero-order chi connectivity index (χ0) is 18.1. The highest BCUT2D eigenvalue weighted by atomic mass is 16.5. The van der Waals surface area contributed by atoms with Crippen molar-refractivity contribution in [2.24, 2.45) is 0 Å². The molecule has 0 bridgehead atoms. The maximum atomic E-state index is 13.1. The number of rotatable bonds is 2. The summed E-state index contributed by atoms with van der Waals surface area (Å²) in [7, 11) is 1.66. The first-order valence-electron chi connectivity index (χ1n) is 8.63. The number of nitrogens with two attached hydrogens (primary N) is 1. The normalized spacial score (nSPS) is 14.0. The maximum absolute atomic E-state index is 13.1. The van der Waals surface area contributed by atoms with Crippen LogP contribution in [0.5, 0.6) is 5.75 Å². The highest BCUT2D eigenvalue weighted by Crippen LogP contribution is 2.26. The molecule has 3 aromatic rings. The molecule has 1 aromatic heterocycles. The fourth-order valence-electron chi connectivity index (χ4n) is 3.42. The van der Waals surface area contributed by atoms with Gasteiger partial charge in [-0.15, -0.1) is 10.2 Å². The average Bonchev–Trinajstić information content (AvgIpc) is 2.89. The molecule has 2 aromatic carbocycles. The third-order valence-electron chi connectivity index (χ3n) is 4.85. The number of nitrogen functional groups attached to an aromatic ring is 1. The van der Waals surface area contributed by atoms with Crippen LogP contribution in [0.15, 0.2) is 42.5 Å². The Bertz CT molecular complexity index is 987. The van der Waals surface area contributed by atoms with Crippen molar-refractivity contribution in [2.45, 2.75) is 19.4 Å². The SMILES string of the molecule is COc1ccc2c(c1)CCCN(C(=O)c1nnc3ccccc3c1N)C2. The lowest BCUT2D eigenvalue weighted by molar-refractivity contribution is 0.0740. The van der Waals surface area contributed by atoms with Crippen LogP contribution in [0.2, 0.25) is 0 Å². The number of aromatic nitrogens is 2. The van der Waals surface area contributed by atoms with Gasteiger partial charge in [-0.1, -0.05) is 24.3 Å². The molecular weight excluding hydrogens is 328 g/mol. The number of ether oxygens (including phenoxy) is 1. The zero-order valence-electron chi connectivity index (χ0n) is 14.6. The quantitative estimate of drug-likeness (QED) is 0.770. The highest BCUT2D eigenvalue weighted by Gasteiger charge is 2.24. The van der Waals surface area contributed by atoms with Gasteiger partial charge in [-0.2, -0.15) is 0 Å². The molecule has 0 saturated heterocycles. The van der Waals surface area contributed by atoms with E-state index in [9.17, 15) is 4.79 Å². The van der Waals surface area contributed by atoms with Crippen molar-refractivity contribution in [3.63, 3.8) is 0 Å². The van der Waals surface area contributed by atoms with E-state index >= 15 is 0 Å². The van der Waals surface area contributed by atoms with Crippen LogP contribution in [0.1, 0.15) is 28.0 Å². The van der Waals surface area contributed by atoms with Crippen molar-refractivity contribution < 1.29 is 9.53 Å². The van der Waals surface area contributed by atoms with Gasteiger partial charge in [-0.05, 0) is 42.2 Å². The number of hydrogen-bond acceptors (Lipinski definition) is 5. The predicted molar refractivity (Wildman–Crippen MR) is 100 cm³/mol. The van der Waals surface area contributed by atoms with Crippen LogP contribution in [0.4, 0.5) is 5.69 Å². The molecule has 6 heteroatoms. The van der Waals surface area contributed by atoms with Crippen LogP contribution in [0.3, 0.4) is 0 Å². The van der Waals surface area contributed by atoms with E-state index in [0.717, 1.165) is 29.5 Å². The minimum atomic E-state index is -0.176. The summed E-state index contributed by atoms with van der Waals surface area (Å²) in [6, 6.07) is 13.4. The first kappa shape index (κ1) is 16.3. The van der Waals surface area contributed by atoms with Gasteiger partial charge in [-0.25, -0.2) is 0 Å². The van der Waals surface area contributed by atoms with Crippen LogP contribution in [0, 0.1) is 0 Å². The van der Waals surface area contributed by atoms with Gasteiger partial charge < -0.3 is 15.4 Å². The fraction of sp³-hybridized carbons (Fsp3) is 0.250. The summed E-state index contributed by atoms with van der Waals surface area (Å²) in [5.41, 5.74) is 9.88. The standard InChI is InChI=1S/C20H20N4O2/c1-26-15-9-8-14-12-24(10-4-5-13(14)11-15)20(25)19-18(21)16-6-2-3-7-17(16)22-23-19/h2-3,6-9,11H,4-5,10,12H2,1H3,(H2,21,22). The Hall–Kier alpha value is -3.15. The molecule has 4 rings (SSSR count). The van der Waals surface area contributed by atoms with Crippen molar-refractivity contribution in [2.75, 3.05) is 19.4 Å². The summed E-state index contributed by atoms with van der Waals surface area (Å²) in [5, 5.41) is 9.02. The summed E-state index contributed by atoms with van der Waals surface area (Å²) < 4.78 is 5.31.